The van der Waals surface area contributed by atoms with E-state index in [0.29, 0.717) is 0 Å². The summed E-state index contributed by atoms with van der Waals surface area (Å²) in [5.41, 5.74) is -0.743. The number of halogens is 1. The number of nitro groups is 1. The summed E-state index contributed by atoms with van der Waals surface area (Å²) >= 11 is 5.60. The minimum Gasteiger partial charge on any atom is -0.282 e. The van der Waals surface area contributed by atoms with Crippen LogP contribution in [0.25, 0.3) is 0 Å². The first kappa shape index (κ1) is 11.9. The van der Waals surface area contributed by atoms with E-state index in [1.807, 2.05) is 0 Å². The van der Waals surface area contributed by atoms with Crippen LogP contribution >= 0.6 is 11.6 Å². The number of rotatable bonds is 2. The maximum atomic E-state index is 10.9. The molecule has 0 heterocycles. The van der Waals surface area contributed by atoms with Crippen molar-refractivity contribution in [2.75, 3.05) is 0 Å². The van der Waals surface area contributed by atoms with E-state index in [9.17, 15) is 18.5 Å². The van der Waals surface area contributed by atoms with Crippen LogP contribution in [0.1, 0.15) is 5.56 Å². The summed E-state index contributed by atoms with van der Waals surface area (Å²) in [6.45, 7) is 1.28. The van der Waals surface area contributed by atoms with Gasteiger partial charge in [-0.1, -0.05) is 11.6 Å². The molecule has 0 aromatic heterocycles. The fourth-order valence-electron chi connectivity index (χ4n) is 1.12. The highest BCUT2D eigenvalue weighted by Gasteiger charge is 2.27. The number of hydrogen-bond donors (Lipinski definition) is 1. The van der Waals surface area contributed by atoms with Gasteiger partial charge in [0.05, 0.1) is 4.92 Å². The molecule has 0 fully saturated rings. The van der Waals surface area contributed by atoms with Crippen LogP contribution in [0, 0.1) is 17.0 Å². The first-order chi connectivity index (χ1) is 6.75. The Morgan fingerprint density at radius 3 is 2.40 bits per heavy atom. The van der Waals surface area contributed by atoms with E-state index in [4.69, 9.17) is 16.2 Å². The van der Waals surface area contributed by atoms with E-state index in [1.54, 1.807) is 0 Å². The summed E-state index contributed by atoms with van der Waals surface area (Å²) in [6, 6.07) is 2.13. The van der Waals surface area contributed by atoms with Gasteiger partial charge in [-0.05, 0) is 18.6 Å². The van der Waals surface area contributed by atoms with Crippen molar-refractivity contribution in [2.45, 2.75) is 11.8 Å². The largest absolute Gasteiger partial charge is 0.301 e. The Morgan fingerprint density at radius 1 is 1.47 bits per heavy atom. The molecule has 1 aromatic carbocycles. The van der Waals surface area contributed by atoms with Gasteiger partial charge in [-0.15, -0.1) is 0 Å². The molecule has 1 N–H and O–H groups in total. The third-order valence-corrected chi connectivity index (χ3v) is 3.21. The Kier molecular flexibility index (Phi) is 2.98. The fraction of sp³-hybridized carbons (Fsp3) is 0.143. The van der Waals surface area contributed by atoms with Gasteiger partial charge in [0.25, 0.3) is 5.69 Å². The molecule has 0 unspecified atom stereocenters. The molecule has 1 aromatic rings. The summed E-state index contributed by atoms with van der Waals surface area (Å²) in [7, 11) is -4.66. The molecule has 0 saturated heterocycles. The van der Waals surface area contributed by atoms with Gasteiger partial charge < -0.3 is 0 Å². The molecule has 0 aliphatic heterocycles. The van der Waals surface area contributed by atoms with Gasteiger partial charge in [0, 0.05) is 11.1 Å². The zero-order valence-corrected chi connectivity index (χ0v) is 9.04. The molecule has 0 aliphatic carbocycles. The fourth-order valence-corrected chi connectivity index (χ4v) is 2.24. The van der Waals surface area contributed by atoms with Crippen molar-refractivity contribution < 1.29 is 17.9 Å². The molecule has 6 nitrogen and oxygen atoms in total. The van der Waals surface area contributed by atoms with Crippen LogP contribution in [0.3, 0.4) is 0 Å². The molecular formula is C7H6ClNO5S. The molecule has 0 aliphatic rings. The van der Waals surface area contributed by atoms with Gasteiger partial charge in [-0.2, -0.15) is 8.42 Å². The average molecular weight is 252 g/mol. The lowest BCUT2D eigenvalue weighted by Crippen LogP contribution is -2.06. The second-order valence-corrected chi connectivity index (χ2v) is 4.52. The zero-order valence-electron chi connectivity index (χ0n) is 7.47. The lowest BCUT2D eigenvalue weighted by Gasteiger charge is -2.04. The molecule has 1 rings (SSSR count). The molecule has 0 atom stereocenters. The Balaban J connectivity index is 3.72. The van der Waals surface area contributed by atoms with Crippen LogP contribution < -0.4 is 0 Å². The number of hydrogen-bond acceptors (Lipinski definition) is 4. The van der Waals surface area contributed by atoms with Crippen LogP contribution in [0.15, 0.2) is 17.0 Å². The van der Waals surface area contributed by atoms with Crippen molar-refractivity contribution in [3.05, 3.63) is 32.8 Å². The van der Waals surface area contributed by atoms with Crippen LogP contribution in [-0.2, 0) is 10.1 Å². The minimum absolute atomic E-state index is 0.0354. The van der Waals surface area contributed by atoms with Gasteiger partial charge >= 0.3 is 10.1 Å². The molecule has 0 amide bonds. The van der Waals surface area contributed by atoms with Crippen LogP contribution in [0.4, 0.5) is 5.69 Å². The van der Waals surface area contributed by atoms with Gasteiger partial charge in [-0.25, -0.2) is 0 Å². The summed E-state index contributed by atoms with van der Waals surface area (Å²) in [6.07, 6.45) is 0. The van der Waals surface area contributed by atoms with E-state index in [2.05, 4.69) is 0 Å². The Labute approximate surface area is 90.4 Å². The van der Waals surface area contributed by atoms with Crippen LogP contribution in [-0.4, -0.2) is 17.9 Å². The molecule has 0 bridgehead atoms. The van der Waals surface area contributed by atoms with Crippen LogP contribution in [0.2, 0.25) is 5.02 Å². The van der Waals surface area contributed by atoms with Gasteiger partial charge in [0.1, 0.15) is 0 Å². The second kappa shape index (κ2) is 3.76. The van der Waals surface area contributed by atoms with Gasteiger partial charge in [0.15, 0.2) is 4.90 Å². The normalized spacial score (nSPS) is 11.4. The van der Waals surface area contributed by atoms with Gasteiger partial charge in [0.2, 0.25) is 0 Å². The number of nitro benzene ring substituents is 1. The van der Waals surface area contributed by atoms with Crippen molar-refractivity contribution in [2.24, 2.45) is 0 Å². The lowest BCUT2D eigenvalue weighted by molar-refractivity contribution is -0.388. The van der Waals surface area contributed by atoms with E-state index in [0.717, 1.165) is 6.07 Å². The Morgan fingerprint density at radius 2 is 2.00 bits per heavy atom. The summed E-state index contributed by atoms with van der Waals surface area (Å²) in [4.78, 5) is 8.86. The average Bonchev–Trinajstić information content (AvgIpc) is 2.06. The third kappa shape index (κ3) is 2.25. The predicted molar refractivity (Wildman–Crippen MR) is 52.7 cm³/mol. The highest BCUT2D eigenvalue weighted by molar-refractivity contribution is 7.86. The van der Waals surface area contributed by atoms with Crippen molar-refractivity contribution in [3.8, 4) is 0 Å². The van der Waals surface area contributed by atoms with Crippen molar-refractivity contribution in [1.29, 1.82) is 0 Å². The van der Waals surface area contributed by atoms with E-state index < -0.39 is 25.6 Å². The second-order valence-electron chi connectivity index (χ2n) is 2.75. The topological polar surface area (TPSA) is 97.5 Å². The molecule has 8 heteroatoms. The molecule has 15 heavy (non-hydrogen) atoms. The summed E-state index contributed by atoms with van der Waals surface area (Å²) in [5, 5.41) is 10.6. The lowest BCUT2D eigenvalue weighted by atomic mass is 10.2. The third-order valence-electron chi connectivity index (χ3n) is 1.77. The first-order valence-electron chi connectivity index (χ1n) is 3.66. The predicted octanol–water partition coefficient (Wildman–Crippen LogP) is 1.80. The monoisotopic (exact) mass is 251 g/mol. The molecule has 0 radical (unpaired) electrons. The van der Waals surface area contributed by atoms with E-state index >= 15 is 0 Å². The van der Waals surface area contributed by atoms with Crippen LogP contribution in [0.5, 0.6) is 0 Å². The Hall–Kier alpha value is -1.18. The van der Waals surface area contributed by atoms with Gasteiger partial charge in [-0.3, -0.25) is 14.7 Å². The van der Waals surface area contributed by atoms with Crippen molar-refractivity contribution >= 4 is 27.4 Å². The highest BCUT2D eigenvalue weighted by Crippen LogP contribution is 2.31. The van der Waals surface area contributed by atoms with Crippen molar-refractivity contribution in [3.63, 3.8) is 0 Å². The summed E-state index contributed by atoms with van der Waals surface area (Å²) in [5.74, 6) is 0. The SMILES string of the molecule is Cc1c(Cl)ccc([N+](=O)[O-])c1S(=O)(=O)O. The maximum absolute atomic E-state index is 10.9. The quantitative estimate of drug-likeness (QED) is 0.491. The minimum atomic E-state index is -4.66. The zero-order chi connectivity index (χ0) is 11.8. The first-order valence-corrected chi connectivity index (χ1v) is 5.48. The molecule has 82 valence electrons. The number of benzene rings is 1. The van der Waals surface area contributed by atoms with E-state index in [-0.39, 0.29) is 10.6 Å². The summed E-state index contributed by atoms with van der Waals surface area (Å²) < 4.78 is 30.7. The van der Waals surface area contributed by atoms with Crippen molar-refractivity contribution in [1.82, 2.24) is 0 Å². The smallest absolute Gasteiger partial charge is 0.282 e. The molecule has 0 spiro atoms. The van der Waals surface area contributed by atoms with E-state index in [1.165, 1.54) is 13.0 Å². The molecule has 0 saturated carbocycles. The highest BCUT2D eigenvalue weighted by atomic mass is 35.5. The molecular weight excluding hydrogens is 246 g/mol. The maximum Gasteiger partial charge on any atom is 0.301 e. The standard InChI is InChI=1S/C7H6ClNO5S/c1-4-5(8)2-3-6(9(10)11)7(4)15(12,13)14/h2-3H,1H3,(H,12,13,14). The Bertz CT molecular complexity index is 524. The number of nitrogens with zero attached hydrogens (tertiary/aromatic N) is 1.